The van der Waals surface area contributed by atoms with Crippen LogP contribution in [0.4, 0.5) is 5.69 Å². The second kappa shape index (κ2) is 5.75. The number of sulfone groups is 1. The molecule has 4 nitrogen and oxygen atoms in total. The summed E-state index contributed by atoms with van der Waals surface area (Å²) in [6, 6.07) is 7.44. The number of hydrogen-bond donors (Lipinski definition) is 1. The van der Waals surface area contributed by atoms with Gasteiger partial charge in [0.2, 0.25) is 0 Å². The Kier molecular flexibility index (Phi) is 4.61. The lowest BCUT2D eigenvalue weighted by Gasteiger charge is -2.07. The molecule has 90 valence electrons. The Bertz CT molecular complexity index is 411. The third kappa shape index (κ3) is 5.02. The average molecular weight is 243 g/mol. The molecule has 0 spiro atoms. The zero-order chi connectivity index (χ0) is 12.0. The van der Waals surface area contributed by atoms with Crippen molar-refractivity contribution >= 4 is 15.5 Å². The van der Waals surface area contributed by atoms with E-state index in [0.29, 0.717) is 13.2 Å². The summed E-state index contributed by atoms with van der Waals surface area (Å²) in [5.41, 5.74) is 0.895. The Morgan fingerprint density at radius 3 is 2.38 bits per heavy atom. The smallest absolute Gasteiger partial charge is 0.149 e. The van der Waals surface area contributed by atoms with Gasteiger partial charge in [0.15, 0.2) is 0 Å². The summed E-state index contributed by atoms with van der Waals surface area (Å²) < 4.78 is 27.1. The first-order chi connectivity index (χ1) is 7.51. The fraction of sp³-hybridized carbons (Fsp3) is 0.455. The summed E-state index contributed by atoms with van der Waals surface area (Å²) in [5.74, 6) is 0.955. The molecule has 0 bridgehead atoms. The van der Waals surface area contributed by atoms with Gasteiger partial charge in [-0.05, 0) is 31.2 Å². The Labute approximate surface area is 96.5 Å². The van der Waals surface area contributed by atoms with Crippen LogP contribution in [-0.4, -0.2) is 33.6 Å². The largest absolute Gasteiger partial charge is 0.494 e. The predicted molar refractivity (Wildman–Crippen MR) is 65.8 cm³/mol. The number of nitrogens with one attached hydrogen (secondary N) is 1. The van der Waals surface area contributed by atoms with Crippen molar-refractivity contribution in [2.45, 2.75) is 6.92 Å². The van der Waals surface area contributed by atoms with Crippen molar-refractivity contribution in [2.24, 2.45) is 0 Å². The van der Waals surface area contributed by atoms with Gasteiger partial charge in [0, 0.05) is 18.5 Å². The van der Waals surface area contributed by atoms with E-state index in [4.69, 9.17) is 4.74 Å². The molecule has 5 heteroatoms. The van der Waals surface area contributed by atoms with Crippen LogP contribution in [0, 0.1) is 0 Å². The van der Waals surface area contributed by atoms with Gasteiger partial charge in [-0.2, -0.15) is 0 Å². The highest BCUT2D eigenvalue weighted by Gasteiger charge is 2.01. The molecule has 0 aliphatic carbocycles. The van der Waals surface area contributed by atoms with E-state index >= 15 is 0 Å². The van der Waals surface area contributed by atoms with Crippen LogP contribution in [0.2, 0.25) is 0 Å². The van der Waals surface area contributed by atoms with Crippen LogP contribution >= 0.6 is 0 Å². The van der Waals surface area contributed by atoms with Crippen LogP contribution in [0.25, 0.3) is 0 Å². The summed E-state index contributed by atoms with van der Waals surface area (Å²) in [7, 11) is -2.90. The molecule has 0 saturated heterocycles. The van der Waals surface area contributed by atoms with Crippen LogP contribution in [0.15, 0.2) is 24.3 Å². The zero-order valence-corrected chi connectivity index (χ0v) is 10.4. The molecule has 0 aliphatic rings. The van der Waals surface area contributed by atoms with Crippen LogP contribution < -0.4 is 10.1 Å². The maximum atomic E-state index is 10.9. The second-order valence-electron chi connectivity index (χ2n) is 3.51. The van der Waals surface area contributed by atoms with E-state index in [1.807, 2.05) is 31.2 Å². The van der Waals surface area contributed by atoms with E-state index in [-0.39, 0.29) is 5.75 Å². The summed E-state index contributed by atoms with van der Waals surface area (Å²) in [4.78, 5) is 0. The highest BCUT2D eigenvalue weighted by molar-refractivity contribution is 7.90. The minimum absolute atomic E-state index is 0.139. The van der Waals surface area contributed by atoms with Gasteiger partial charge in [-0.25, -0.2) is 8.42 Å². The van der Waals surface area contributed by atoms with Gasteiger partial charge in [-0.3, -0.25) is 0 Å². The van der Waals surface area contributed by atoms with Crippen LogP contribution in [0.1, 0.15) is 6.92 Å². The van der Waals surface area contributed by atoms with Crippen molar-refractivity contribution in [1.82, 2.24) is 0 Å². The van der Waals surface area contributed by atoms with Crippen molar-refractivity contribution in [3.8, 4) is 5.75 Å². The van der Waals surface area contributed by atoms with E-state index in [1.165, 1.54) is 6.26 Å². The summed E-state index contributed by atoms with van der Waals surface area (Å²) in [5, 5.41) is 3.04. The summed E-state index contributed by atoms with van der Waals surface area (Å²) >= 11 is 0. The van der Waals surface area contributed by atoms with E-state index in [1.54, 1.807) is 0 Å². The SMILES string of the molecule is CCOc1ccc(NCCS(C)(=O)=O)cc1. The van der Waals surface area contributed by atoms with E-state index in [0.717, 1.165) is 11.4 Å². The molecule has 0 fully saturated rings. The molecule has 16 heavy (non-hydrogen) atoms. The van der Waals surface area contributed by atoms with E-state index < -0.39 is 9.84 Å². The van der Waals surface area contributed by atoms with Gasteiger partial charge in [0.1, 0.15) is 15.6 Å². The number of rotatable bonds is 6. The van der Waals surface area contributed by atoms with Gasteiger partial charge in [-0.15, -0.1) is 0 Å². The third-order valence-corrected chi connectivity index (χ3v) is 2.91. The Morgan fingerprint density at radius 2 is 1.88 bits per heavy atom. The fourth-order valence-corrected chi connectivity index (χ4v) is 1.69. The van der Waals surface area contributed by atoms with Crippen molar-refractivity contribution in [2.75, 3.05) is 30.5 Å². The lowest BCUT2D eigenvalue weighted by atomic mass is 10.3. The van der Waals surface area contributed by atoms with Gasteiger partial charge in [0.05, 0.1) is 12.4 Å². The number of hydrogen-bond acceptors (Lipinski definition) is 4. The Hall–Kier alpha value is -1.23. The monoisotopic (exact) mass is 243 g/mol. The molecule has 0 unspecified atom stereocenters. The molecule has 0 aromatic heterocycles. The number of anilines is 1. The maximum Gasteiger partial charge on any atom is 0.149 e. The number of benzene rings is 1. The molecule has 0 aliphatic heterocycles. The van der Waals surface area contributed by atoms with Gasteiger partial charge >= 0.3 is 0 Å². The molecular formula is C11H17NO3S. The Morgan fingerprint density at radius 1 is 1.25 bits per heavy atom. The lowest BCUT2D eigenvalue weighted by Crippen LogP contribution is -2.13. The number of ether oxygens (including phenoxy) is 1. The van der Waals surface area contributed by atoms with E-state index in [9.17, 15) is 8.42 Å². The quantitative estimate of drug-likeness (QED) is 0.823. The molecule has 0 saturated carbocycles. The fourth-order valence-electron chi connectivity index (χ4n) is 1.22. The van der Waals surface area contributed by atoms with E-state index in [2.05, 4.69) is 5.32 Å². The second-order valence-corrected chi connectivity index (χ2v) is 5.77. The first kappa shape index (κ1) is 12.8. The van der Waals surface area contributed by atoms with Crippen LogP contribution in [-0.2, 0) is 9.84 Å². The molecule has 1 N–H and O–H groups in total. The molecule has 0 atom stereocenters. The molecule has 1 aromatic carbocycles. The summed E-state index contributed by atoms with van der Waals surface area (Å²) in [6.45, 7) is 2.99. The first-order valence-corrected chi connectivity index (χ1v) is 7.22. The van der Waals surface area contributed by atoms with Crippen molar-refractivity contribution in [1.29, 1.82) is 0 Å². The third-order valence-electron chi connectivity index (χ3n) is 1.97. The molecule has 1 rings (SSSR count). The van der Waals surface area contributed by atoms with Crippen molar-refractivity contribution in [3.63, 3.8) is 0 Å². The van der Waals surface area contributed by atoms with Gasteiger partial charge < -0.3 is 10.1 Å². The Balaban J connectivity index is 2.43. The lowest BCUT2D eigenvalue weighted by molar-refractivity contribution is 0.340. The van der Waals surface area contributed by atoms with Crippen molar-refractivity contribution < 1.29 is 13.2 Å². The predicted octanol–water partition coefficient (Wildman–Crippen LogP) is 1.54. The minimum Gasteiger partial charge on any atom is -0.494 e. The molecular weight excluding hydrogens is 226 g/mol. The average Bonchev–Trinajstić information content (AvgIpc) is 2.19. The van der Waals surface area contributed by atoms with Crippen molar-refractivity contribution in [3.05, 3.63) is 24.3 Å². The van der Waals surface area contributed by atoms with Gasteiger partial charge in [0.25, 0.3) is 0 Å². The minimum atomic E-state index is -2.90. The summed E-state index contributed by atoms with van der Waals surface area (Å²) in [6.07, 6.45) is 1.23. The molecule has 0 radical (unpaired) electrons. The highest BCUT2D eigenvalue weighted by Crippen LogP contribution is 2.15. The highest BCUT2D eigenvalue weighted by atomic mass is 32.2. The zero-order valence-electron chi connectivity index (χ0n) is 9.56. The maximum absolute atomic E-state index is 10.9. The molecule has 1 aromatic rings. The van der Waals surface area contributed by atoms with Crippen LogP contribution in [0.3, 0.4) is 0 Å². The standard InChI is InChI=1S/C11H17NO3S/c1-3-15-11-6-4-10(5-7-11)12-8-9-16(2,13)14/h4-7,12H,3,8-9H2,1-2H3. The molecule has 0 amide bonds. The first-order valence-electron chi connectivity index (χ1n) is 5.16. The van der Waals surface area contributed by atoms with Gasteiger partial charge in [-0.1, -0.05) is 0 Å². The topological polar surface area (TPSA) is 55.4 Å². The normalized spacial score (nSPS) is 11.1. The van der Waals surface area contributed by atoms with Crippen LogP contribution in [0.5, 0.6) is 5.75 Å². The molecule has 0 heterocycles.